The fraction of sp³-hybridized carbons (Fsp3) is 0.643. The van der Waals surface area contributed by atoms with Gasteiger partial charge in [0.25, 0.3) is 0 Å². The maximum Gasteiger partial charge on any atom is 0.243 e. The minimum Gasteiger partial charge on any atom is -0.367 e. The van der Waals surface area contributed by atoms with E-state index in [0.717, 1.165) is 64.8 Å². The second-order valence-electron chi connectivity index (χ2n) is 11.2. The van der Waals surface area contributed by atoms with E-state index in [-0.39, 0.29) is 29.5 Å². The number of nitrogens with zero attached hydrogens (tertiary/aromatic N) is 1. The van der Waals surface area contributed by atoms with Gasteiger partial charge in [-0.05, 0) is 86.4 Å². The van der Waals surface area contributed by atoms with Gasteiger partial charge in [-0.25, -0.2) is 0 Å². The summed E-state index contributed by atoms with van der Waals surface area (Å²) < 4.78 is 5.23. The van der Waals surface area contributed by atoms with E-state index < -0.39 is 0 Å². The highest BCUT2D eigenvalue weighted by molar-refractivity contribution is 5.87. The van der Waals surface area contributed by atoms with Gasteiger partial charge >= 0.3 is 0 Å². The van der Waals surface area contributed by atoms with Crippen molar-refractivity contribution in [3.8, 4) is 47.4 Å². The van der Waals surface area contributed by atoms with Crippen LogP contribution in [0.25, 0.3) is 0 Å². The first-order valence-electron chi connectivity index (χ1n) is 18.8. The molecule has 5 amide bonds. The van der Waals surface area contributed by atoms with E-state index in [1.165, 1.54) is 26.8 Å². The topological polar surface area (TPSA) is 184 Å². The lowest BCUT2D eigenvalue weighted by molar-refractivity contribution is -0.121. The van der Waals surface area contributed by atoms with Crippen LogP contribution in [0.2, 0.25) is 0 Å². The van der Waals surface area contributed by atoms with Crippen molar-refractivity contribution in [1.82, 2.24) is 31.5 Å². The molecule has 55 heavy (non-hydrogen) atoms. The normalized spacial score (nSPS) is 8.73. The SMILES string of the molecule is CC#CCN.CC#CCNC(=O)CCCCCNC(C)=O.CC#CCNC(C)=O.CC#CCOCCN(C)CC.CC=CC(=O)NCCCCCNC(C)=O. The second kappa shape index (κ2) is 53.6. The fourth-order valence-electron chi connectivity index (χ4n) is 3.22. The summed E-state index contributed by atoms with van der Waals surface area (Å²) in [7, 11) is 2.08. The largest absolute Gasteiger partial charge is 0.367 e. The molecule has 0 aromatic rings. The molecule has 0 aliphatic heterocycles. The maximum absolute atomic E-state index is 11.2. The molecule has 312 valence electrons. The van der Waals surface area contributed by atoms with Crippen molar-refractivity contribution >= 4 is 29.5 Å². The monoisotopic (exact) mass is 772 g/mol. The van der Waals surface area contributed by atoms with Gasteiger partial charge in [0.1, 0.15) is 6.61 Å². The van der Waals surface area contributed by atoms with Crippen LogP contribution in [0.3, 0.4) is 0 Å². The van der Waals surface area contributed by atoms with E-state index in [1.54, 1.807) is 26.8 Å². The van der Waals surface area contributed by atoms with Crippen molar-refractivity contribution < 1.29 is 28.7 Å². The highest BCUT2D eigenvalue weighted by atomic mass is 16.5. The van der Waals surface area contributed by atoms with Gasteiger partial charge in [-0.1, -0.05) is 43.1 Å². The standard InChI is InChI=1S/C12H20N2O2.C11H20N2O2.C9H17NO.C6H9NO.C4H7N/c1-3-4-9-14-12(16)8-6-5-7-10-13-11(2)15;1-3-7-11(15)13-9-6-4-5-8-12-10(2)14;1-4-6-8-11-9-7-10(3)5-2;1-3-4-5-7-6(2)8;1-2-3-4-5/h5-10H2,1-2H3,(H,13,15)(H,14,16);3,7H,4-6,8-9H2,1-2H3,(H,12,14)(H,13,15);5,7-9H2,1-3H3;5H2,1-2H3,(H,7,8);4-5H2,1H3. The van der Waals surface area contributed by atoms with E-state index >= 15 is 0 Å². The molecular formula is C42H73N7O6. The van der Waals surface area contributed by atoms with E-state index in [4.69, 9.17) is 10.5 Å². The summed E-state index contributed by atoms with van der Waals surface area (Å²) in [6.45, 7) is 22.4. The molecule has 0 aromatic heterocycles. The molecule has 0 fully saturated rings. The van der Waals surface area contributed by atoms with Crippen molar-refractivity contribution in [2.75, 3.05) is 72.6 Å². The molecule has 0 aliphatic rings. The number of hydrogen-bond donors (Lipinski definition) is 6. The number of carbonyl (C=O) groups is 5. The van der Waals surface area contributed by atoms with Gasteiger partial charge in [0, 0.05) is 53.4 Å². The van der Waals surface area contributed by atoms with Crippen LogP contribution in [0.4, 0.5) is 0 Å². The van der Waals surface area contributed by atoms with Crippen molar-refractivity contribution in [3.63, 3.8) is 0 Å². The molecule has 0 bridgehead atoms. The number of ether oxygens (including phenoxy) is 1. The van der Waals surface area contributed by atoms with Gasteiger partial charge in [0.2, 0.25) is 29.5 Å². The molecule has 0 heterocycles. The van der Waals surface area contributed by atoms with Gasteiger partial charge in [0.15, 0.2) is 0 Å². The Hall–Kier alpha value is -4.79. The molecule has 0 aliphatic carbocycles. The molecule has 13 heteroatoms. The summed E-state index contributed by atoms with van der Waals surface area (Å²) in [5.74, 6) is 21.7. The lowest BCUT2D eigenvalue weighted by Crippen LogP contribution is -2.23. The smallest absolute Gasteiger partial charge is 0.243 e. The number of rotatable bonds is 20. The average Bonchev–Trinajstić information content (AvgIpc) is 3.14. The van der Waals surface area contributed by atoms with Gasteiger partial charge in [-0.15, -0.1) is 23.7 Å². The highest BCUT2D eigenvalue weighted by Crippen LogP contribution is 1.98. The summed E-state index contributed by atoms with van der Waals surface area (Å²) >= 11 is 0. The van der Waals surface area contributed by atoms with Gasteiger partial charge in [-0.2, -0.15) is 0 Å². The quantitative estimate of drug-likeness (QED) is 0.0621. The third kappa shape index (κ3) is 75.1. The van der Waals surface area contributed by atoms with Crippen LogP contribution >= 0.6 is 0 Å². The Labute approximate surface area is 334 Å². The Bertz CT molecular complexity index is 1260. The summed E-state index contributed by atoms with van der Waals surface area (Å²) in [6, 6.07) is 0. The molecule has 0 spiro atoms. The first-order valence-corrected chi connectivity index (χ1v) is 18.8. The van der Waals surface area contributed by atoms with E-state index in [2.05, 4.69) is 92.8 Å². The third-order valence-corrected chi connectivity index (χ3v) is 6.24. The van der Waals surface area contributed by atoms with Crippen molar-refractivity contribution in [2.45, 2.75) is 107 Å². The molecule has 0 saturated carbocycles. The number of unbranched alkanes of at least 4 members (excludes halogenated alkanes) is 4. The van der Waals surface area contributed by atoms with Crippen LogP contribution in [0, 0.1) is 47.4 Å². The zero-order valence-corrected chi connectivity index (χ0v) is 35.6. The summed E-state index contributed by atoms with van der Waals surface area (Å²) in [5, 5.41) is 13.5. The van der Waals surface area contributed by atoms with Crippen LogP contribution in [-0.4, -0.2) is 107 Å². The number of amides is 5. The second-order valence-corrected chi connectivity index (χ2v) is 11.2. The Balaban J connectivity index is -0.000000198. The summed E-state index contributed by atoms with van der Waals surface area (Å²) in [6.07, 6.45) is 9.40. The summed E-state index contributed by atoms with van der Waals surface area (Å²) in [4.78, 5) is 55.6. The number of nitrogens with two attached hydrogens (primary N) is 1. The van der Waals surface area contributed by atoms with Gasteiger partial charge in [-0.3, -0.25) is 24.0 Å². The first-order chi connectivity index (χ1) is 26.3. The Kier molecular flexibility index (Phi) is 57.9. The molecule has 0 atom stereocenters. The van der Waals surface area contributed by atoms with Crippen LogP contribution < -0.4 is 32.3 Å². The third-order valence-electron chi connectivity index (χ3n) is 6.24. The van der Waals surface area contributed by atoms with Gasteiger partial charge < -0.3 is 42.0 Å². The average molecular weight is 772 g/mol. The molecule has 13 nitrogen and oxygen atoms in total. The fourth-order valence-corrected chi connectivity index (χ4v) is 3.22. The van der Waals surface area contributed by atoms with Gasteiger partial charge in [0.05, 0.1) is 26.2 Å². The van der Waals surface area contributed by atoms with E-state index in [1.807, 2.05) is 13.8 Å². The molecule has 0 aromatic carbocycles. The molecule has 0 saturated heterocycles. The first kappa shape index (κ1) is 59.5. The molecule has 0 rings (SSSR count). The van der Waals surface area contributed by atoms with Crippen LogP contribution in [0.1, 0.15) is 107 Å². The van der Waals surface area contributed by atoms with Crippen molar-refractivity contribution in [3.05, 3.63) is 12.2 Å². The van der Waals surface area contributed by atoms with Crippen molar-refractivity contribution in [2.24, 2.45) is 5.73 Å². The number of nitrogens with one attached hydrogen (secondary N) is 5. The Morgan fingerprint density at radius 2 is 1.13 bits per heavy atom. The Morgan fingerprint density at radius 3 is 1.55 bits per heavy atom. The van der Waals surface area contributed by atoms with E-state index in [9.17, 15) is 24.0 Å². The molecule has 7 N–H and O–H groups in total. The van der Waals surface area contributed by atoms with Crippen LogP contribution in [0.5, 0.6) is 0 Å². The summed E-state index contributed by atoms with van der Waals surface area (Å²) in [5.41, 5.74) is 4.97. The molecular weight excluding hydrogens is 699 g/mol. The zero-order chi connectivity index (χ0) is 42.8. The minimum atomic E-state index is -0.0423. The lowest BCUT2D eigenvalue weighted by atomic mass is 10.2. The maximum atomic E-state index is 11.2. The zero-order valence-electron chi connectivity index (χ0n) is 35.6. The molecule has 0 unspecified atom stereocenters. The lowest BCUT2D eigenvalue weighted by Gasteiger charge is -2.12. The number of allylic oxidation sites excluding steroid dienone is 1. The Morgan fingerprint density at radius 1 is 0.655 bits per heavy atom. The highest BCUT2D eigenvalue weighted by Gasteiger charge is 1.99. The molecule has 0 radical (unpaired) electrons. The predicted octanol–water partition coefficient (Wildman–Crippen LogP) is 2.90. The van der Waals surface area contributed by atoms with Crippen LogP contribution in [0.15, 0.2) is 12.2 Å². The predicted molar refractivity (Wildman–Crippen MR) is 226 cm³/mol. The number of likely N-dealkylation sites (N-methyl/N-ethyl adjacent to an activating group) is 1. The number of carbonyl (C=O) groups excluding carboxylic acids is 5. The number of hydrogen-bond acceptors (Lipinski definition) is 8. The van der Waals surface area contributed by atoms with Crippen molar-refractivity contribution in [1.29, 1.82) is 0 Å². The van der Waals surface area contributed by atoms with Crippen LogP contribution in [-0.2, 0) is 28.7 Å². The minimum absolute atomic E-state index is 0.00381. The van der Waals surface area contributed by atoms with E-state index in [0.29, 0.717) is 45.8 Å².